The third kappa shape index (κ3) is 6.03. The molecule has 1 unspecified atom stereocenters. The second kappa shape index (κ2) is 7.38. The highest BCUT2D eigenvalue weighted by Crippen LogP contribution is 2.12. The summed E-state index contributed by atoms with van der Waals surface area (Å²) < 4.78 is 27.7. The van der Waals surface area contributed by atoms with E-state index in [1.807, 2.05) is 38.1 Å². The molecule has 6 heteroatoms. The minimum atomic E-state index is -3.29. The Morgan fingerprint density at radius 3 is 2.53 bits per heavy atom. The van der Waals surface area contributed by atoms with E-state index >= 15 is 0 Å². The van der Waals surface area contributed by atoms with Crippen molar-refractivity contribution in [1.29, 1.82) is 0 Å². The van der Waals surface area contributed by atoms with Gasteiger partial charge in [0.25, 0.3) is 0 Å². The number of rotatable bonds is 7. The lowest BCUT2D eigenvalue weighted by molar-refractivity contribution is 0.540. The lowest BCUT2D eigenvalue weighted by atomic mass is 10.2. The van der Waals surface area contributed by atoms with Crippen LogP contribution in [0.25, 0.3) is 0 Å². The van der Waals surface area contributed by atoms with Crippen LogP contribution < -0.4 is 10.0 Å². The van der Waals surface area contributed by atoms with Crippen LogP contribution in [-0.2, 0) is 16.6 Å². The van der Waals surface area contributed by atoms with Crippen LogP contribution in [0.3, 0.4) is 0 Å². The summed E-state index contributed by atoms with van der Waals surface area (Å²) in [6.07, 6.45) is 0. The minimum Gasteiger partial charge on any atom is -0.313 e. The molecule has 1 aromatic rings. The van der Waals surface area contributed by atoms with E-state index in [0.717, 1.165) is 10.0 Å². The van der Waals surface area contributed by atoms with Crippen LogP contribution in [0.15, 0.2) is 28.7 Å². The first-order valence-electron chi connectivity index (χ1n) is 6.27. The third-order valence-electron chi connectivity index (χ3n) is 2.71. The number of benzene rings is 1. The van der Waals surface area contributed by atoms with E-state index in [4.69, 9.17) is 0 Å². The Bertz CT molecular complexity index is 503. The van der Waals surface area contributed by atoms with Gasteiger partial charge in [-0.1, -0.05) is 41.9 Å². The highest BCUT2D eigenvalue weighted by molar-refractivity contribution is 9.10. The molecule has 0 aromatic heterocycles. The van der Waals surface area contributed by atoms with Gasteiger partial charge in [-0.2, -0.15) is 0 Å². The van der Waals surface area contributed by atoms with E-state index in [9.17, 15) is 8.42 Å². The Labute approximate surface area is 124 Å². The molecule has 4 nitrogen and oxygen atoms in total. The molecule has 108 valence electrons. The van der Waals surface area contributed by atoms with Crippen LogP contribution in [0.1, 0.15) is 26.3 Å². The Morgan fingerprint density at radius 1 is 1.26 bits per heavy atom. The van der Waals surface area contributed by atoms with Crippen molar-refractivity contribution in [1.82, 2.24) is 10.0 Å². The predicted octanol–water partition coefficient (Wildman–Crippen LogP) is 2.25. The molecular weight excluding hydrogens is 328 g/mol. The topological polar surface area (TPSA) is 58.2 Å². The lowest BCUT2D eigenvalue weighted by Gasteiger charge is -2.16. The number of hydrogen-bond donors (Lipinski definition) is 2. The van der Waals surface area contributed by atoms with Crippen molar-refractivity contribution in [2.75, 3.05) is 6.54 Å². The number of hydrogen-bond acceptors (Lipinski definition) is 3. The van der Waals surface area contributed by atoms with Crippen LogP contribution in [0.5, 0.6) is 0 Å². The maximum absolute atomic E-state index is 12.0. The molecule has 0 fully saturated rings. The monoisotopic (exact) mass is 348 g/mol. The van der Waals surface area contributed by atoms with Crippen LogP contribution in [0, 0.1) is 0 Å². The van der Waals surface area contributed by atoms with Gasteiger partial charge in [0.05, 0.1) is 5.25 Å². The molecular formula is C13H21BrN2O2S. The zero-order valence-corrected chi connectivity index (χ0v) is 13.9. The average Bonchev–Trinajstić information content (AvgIpc) is 2.33. The van der Waals surface area contributed by atoms with Crippen molar-refractivity contribution in [3.8, 4) is 0 Å². The van der Waals surface area contributed by atoms with Gasteiger partial charge in [0.1, 0.15) is 0 Å². The van der Waals surface area contributed by atoms with Crippen LogP contribution in [0.4, 0.5) is 0 Å². The second-order valence-electron chi connectivity index (χ2n) is 4.87. The third-order valence-corrected chi connectivity index (χ3v) is 4.98. The smallest absolute Gasteiger partial charge is 0.215 e. The van der Waals surface area contributed by atoms with Gasteiger partial charge in [0, 0.05) is 23.6 Å². The summed E-state index contributed by atoms with van der Waals surface area (Å²) in [5.74, 6) is 0. The molecule has 19 heavy (non-hydrogen) atoms. The van der Waals surface area contributed by atoms with Gasteiger partial charge >= 0.3 is 0 Å². The summed E-state index contributed by atoms with van der Waals surface area (Å²) >= 11 is 3.37. The summed E-state index contributed by atoms with van der Waals surface area (Å²) in [7, 11) is -3.29. The summed E-state index contributed by atoms with van der Waals surface area (Å²) in [4.78, 5) is 0. The molecule has 0 amide bonds. The van der Waals surface area contributed by atoms with Gasteiger partial charge in [-0.3, -0.25) is 0 Å². The van der Waals surface area contributed by atoms with Gasteiger partial charge in [-0.05, 0) is 24.6 Å². The fourth-order valence-electron chi connectivity index (χ4n) is 1.48. The molecule has 0 saturated heterocycles. The van der Waals surface area contributed by atoms with Gasteiger partial charge in [0.15, 0.2) is 0 Å². The molecule has 0 spiro atoms. The zero-order chi connectivity index (χ0) is 14.5. The Morgan fingerprint density at radius 2 is 1.95 bits per heavy atom. The first-order valence-corrected chi connectivity index (χ1v) is 8.61. The van der Waals surface area contributed by atoms with Gasteiger partial charge < -0.3 is 5.32 Å². The normalized spacial score (nSPS) is 13.7. The largest absolute Gasteiger partial charge is 0.313 e. The highest BCUT2D eigenvalue weighted by Gasteiger charge is 2.20. The molecule has 0 bridgehead atoms. The SMILES string of the molecule is CC(C)NCC(C)S(=O)(=O)NCc1cccc(Br)c1. The molecule has 0 aliphatic heterocycles. The standard InChI is InChI=1S/C13H21BrN2O2S/c1-10(2)15-8-11(3)19(17,18)16-9-12-5-4-6-13(14)7-12/h4-7,10-11,15-16H,8-9H2,1-3H3. The van der Waals surface area contributed by atoms with E-state index in [1.54, 1.807) is 6.92 Å². The molecule has 1 rings (SSSR count). The second-order valence-corrected chi connectivity index (χ2v) is 7.97. The Hall–Kier alpha value is -0.430. The molecule has 1 aromatic carbocycles. The molecule has 0 aliphatic rings. The van der Waals surface area contributed by atoms with Gasteiger partial charge in [-0.15, -0.1) is 0 Å². The molecule has 0 heterocycles. The van der Waals surface area contributed by atoms with Crippen LogP contribution in [-0.4, -0.2) is 26.3 Å². The first-order chi connectivity index (χ1) is 8.81. The predicted molar refractivity (Wildman–Crippen MR) is 82.5 cm³/mol. The van der Waals surface area contributed by atoms with E-state index in [2.05, 4.69) is 26.0 Å². The number of halogens is 1. The first kappa shape index (κ1) is 16.6. The fourth-order valence-corrected chi connectivity index (χ4v) is 2.90. The van der Waals surface area contributed by atoms with E-state index < -0.39 is 15.3 Å². The number of sulfonamides is 1. The Kier molecular flexibility index (Phi) is 6.46. The molecule has 0 radical (unpaired) electrons. The molecule has 0 aliphatic carbocycles. The maximum Gasteiger partial charge on any atom is 0.215 e. The lowest BCUT2D eigenvalue weighted by Crippen LogP contribution is -2.40. The van der Waals surface area contributed by atoms with Crippen molar-refractivity contribution in [3.63, 3.8) is 0 Å². The molecule has 0 saturated carbocycles. The summed E-state index contributed by atoms with van der Waals surface area (Å²) in [6, 6.07) is 7.87. The van der Waals surface area contributed by atoms with Crippen molar-refractivity contribution in [2.24, 2.45) is 0 Å². The van der Waals surface area contributed by atoms with E-state index in [0.29, 0.717) is 13.1 Å². The van der Waals surface area contributed by atoms with Crippen LogP contribution in [0.2, 0.25) is 0 Å². The quantitative estimate of drug-likeness (QED) is 0.794. The van der Waals surface area contributed by atoms with E-state index in [1.165, 1.54) is 0 Å². The summed E-state index contributed by atoms with van der Waals surface area (Å²) in [6.45, 7) is 6.46. The van der Waals surface area contributed by atoms with Crippen molar-refractivity contribution in [3.05, 3.63) is 34.3 Å². The van der Waals surface area contributed by atoms with Crippen molar-refractivity contribution >= 4 is 26.0 Å². The molecule has 2 N–H and O–H groups in total. The molecule has 1 atom stereocenters. The zero-order valence-electron chi connectivity index (χ0n) is 11.5. The summed E-state index contributed by atoms with van der Waals surface area (Å²) in [5.41, 5.74) is 0.932. The summed E-state index contributed by atoms with van der Waals surface area (Å²) in [5, 5.41) is 2.68. The van der Waals surface area contributed by atoms with Gasteiger partial charge in [0.2, 0.25) is 10.0 Å². The van der Waals surface area contributed by atoms with Crippen molar-refractivity contribution < 1.29 is 8.42 Å². The van der Waals surface area contributed by atoms with Crippen LogP contribution >= 0.6 is 15.9 Å². The Balaban J connectivity index is 2.55. The van der Waals surface area contributed by atoms with E-state index in [-0.39, 0.29) is 6.04 Å². The van der Waals surface area contributed by atoms with Gasteiger partial charge in [-0.25, -0.2) is 13.1 Å². The van der Waals surface area contributed by atoms with Crippen molar-refractivity contribution in [2.45, 2.75) is 38.6 Å². The fraction of sp³-hybridized carbons (Fsp3) is 0.538. The minimum absolute atomic E-state index is 0.280. The number of nitrogens with one attached hydrogen (secondary N) is 2. The maximum atomic E-state index is 12.0. The highest BCUT2D eigenvalue weighted by atomic mass is 79.9. The average molecular weight is 349 g/mol.